The van der Waals surface area contributed by atoms with E-state index >= 15 is 0 Å². The molecule has 0 bridgehead atoms. The molecular formula is C17H15F3N4O2. The van der Waals surface area contributed by atoms with Crippen LogP contribution in [0.3, 0.4) is 0 Å². The topological polar surface area (TPSA) is 87.0 Å². The Bertz CT molecular complexity index is 843. The molecule has 0 fully saturated rings. The minimum Gasteiger partial charge on any atom is -0.497 e. The summed E-state index contributed by atoms with van der Waals surface area (Å²) >= 11 is 0. The van der Waals surface area contributed by atoms with Crippen molar-refractivity contribution in [3.63, 3.8) is 0 Å². The average molecular weight is 364 g/mol. The maximum atomic E-state index is 12.9. The third-order valence-electron chi connectivity index (χ3n) is 3.46. The van der Waals surface area contributed by atoms with Gasteiger partial charge in [-0.2, -0.15) is 18.4 Å². The molecule has 2 aromatic rings. The molecule has 0 aliphatic heterocycles. The summed E-state index contributed by atoms with van der Waals surface area (Å²) in [4.78, 5) is 15.4. The van der Waals surface area contributed by atoms with E-state index in [4.69, 9.17) is 10.00 Å². The van der Waals surface area contributed by atoms with Gasteiger partial charge in [0.2, 0.25) is 5.91 Å². The number of hydrogen-bond acceptors (Lipinski definition) is 5. The monoisotopic (exact) mass is 364 g/mol. The first-order valence-corrected chi connectivity index (χ1v) is 7.41. The van der Waals surface area contributed by atoms with Gasteiger partial charge in [0, 0.05) is 0 Å². The first-order valence-electron chi connectivity index (χ1n) is 7.41. The molecule has 0 atom stereocenters. The molecule has 2 N–H and O–H groups in total. The summed E-state index contributed by atoms with van der Waals surface area (Å²) in [5.41, 5.74) is 4.10. The summed E-state index contributed by atoms with van der Waals surface area (Å²) in [6.45, 7) is 1.36. The number of carbonyl (C=O) groups is 1. The molecule has 0 saturated heterocycles. The van der Waals surface area contributed by atoms with E-state index in [0.29, 0.717) is 11.3 Å². The minimum absolute atomic E-state index is 0.0170. The fourth-order valence-corrected chi connectivity index (χ4v) is 2.15. The fourth-order valence-electron chi connectivity index (χ4n) is 2.15. The smallest absolute Gasteiger partial charge is 0.433 e. The molecule has 136 valence electrons. The number of methoxy groups -OCH3 is 1. The van der Waals surface area contributed by atoms with Gasteiger partial charge in [-0.15, -0.1) is 0 Å². The Kier molecular flexibility index (Phi) is 5.67. The number of nitriles is 1. The Morgan fingerprint density at radius 1 is 1.31 bits per heavy atom. The van der Waals surface area contributed by atoms with Crippen molar-refractivity contribution in [3.8, 4) is 11.8 Å². The van der Waals surface area contributed by atoms with Crippen molar-refractivity contribution >= 4 is 11.7 Å². The number of hydrazine groups is 1. The van der Waals surface area contributed by atoms with E-state index in [0.717, 1.165) is 6.07 Å². The van der Waals surface area contributed by atoms with Crippen molar-refractivity contribution in [2.75, 3.05) is 12.5 Å². The molecule has 9 heteroatoms. The molecule has 1 amide bonds. The first kappa shape index (κ1) is 19.1. The van der Waals surface area contributed by atoms with Crippen LogP contribution in [0.4, 0.5) is 19.0 Å². The van der Waals surface area contributed by atoms with Crippen LogP contribution in [-0.4, -0.2) is 18.0 Å². The van der Waals surface area contributed by atoms with Crippen LogP contribution in [0.5, 0.6) is 5.75 Å². The Balaban J connectivity index is 2.11. The largest absolute Gasteiger partial charge is 0.497 e. The predicted molar refractivity (Wildman–Crippen MR) is 87.2 cm³/mol. The van der Waals surface area contributed by atoms with Crippen molar-refractivity contribution in [2.24, 2.45) is 0 Å². The number of hydrogen-bond donors (Lipinski definition) is 2. The van der Waals surface area contributed by atoms with Gasteiger partial charge >= 0.3 is 6.18 Å². The van der Waals surface area contributed by atoms with Gasteiger partial charge < -0.3 is 4.74 Å². The minimum atomic E-state index is -4.66. The highest BCUT2D eigenvalue weighted by molar-refractivity contribution is 5.80. The molecule has 26 heavy (non-hydrogen) atoms. The molecule has 0 spiro atoms. The maximum Gasteiger partial charge on any atom is 0.433 e. The Hall–Kier alpha value is -3.28. The number of halogens is 3. The number of benzene rings is 1. The molecule has 0 aliphatic rings. The third-order valence-corrected chi connectivity index (χ3v) is 3.46. The second kappa shape index (κ2) is 7.74. The fraction of sp³-hybridized carbons (Fsp3) is 0.235. The summed E-state index contributed by atoms with van der Waals surface area (Å²) < 4.78 is 43.6. The number of ether oxygens (including phenoxy) is 1. The Labute approximate surface area is 147 Å². The lowest BCUT2D eigenvalue weighted by Gasteiger charge is -2.14. The first-order chi connectivity index (χ1) is 12.2. The lowest BCUT2D eigenvalue weighted by atomic mass is 10.1. The van der Waals surface area contributed by atoms with E-state index in [9.17, 15) is 18.0 Å². The van der Waals surface area contributed by atoms with Crippen molar-refractivity contribution < 1.29 is 22.7 Å². The number of amides is 1. The number of pyridine rings is 1. The van der Waals surface area contributed by atoms with Crippen LogP contribution in [0.1, 0.15) is 22.4 Å². The molecule has 0 radical (unpaired) electrons. The van der Waals surface area contributed by atoms with Crippen molar-refractivity contribution in [1.82, 2.24) is 10.4 Å². The van der Waals surface area contributed by atoms with E-state index in [1.807, 2.05) is 0 Å². The normalized spacial score (nSPS) is 10.8. The SMILES string of the molecule is COc1ccc(CC(=O)NNc2nc(C(F)(F)F)cc(C)c2C#N)cc1. The zero-order valence-electron chi connectivity index (χ0n) is 13.9. The Morgan fingerprint density at radius 2 is 1.96 bits per heavy atom. The maximum absolute atomic E-state index is 12.9. The van der Waals surface area contributed by atoms with E-state index in [1.165, 1.54) is 14.0 Å². The number of nitrogens with one attached hydrogen (secondary N) is 2. The molecule has 0 unspecified atom stereocenters. The predicted octanol–water partition coefficient (Wildman–Crippen LogP) is 2.97. The number of aryl methyl sites for hydroxylation is 1. The van der Waals surface area contributed by atoms with Gasteiger partial charge in [-0.3, -0.25) is 15.6 Å². The molecule has 1 aromatic carbocycles. The molecule has 1 heterocycles. The summed E-state index contributed by atoms with van der Waals surface area (Å²) in [5.74, 6) is -0.228. The van der Waals surface area contributed by atoms with E-state index < -0.39 is 17.8 Å². The van der Waals surface area contributed by atoms with Gasteiger partial charge in [0.15, 0.2) is 5.82 Å². The van der Waals surface area contributed by atoms with Crippen LogP contribution in [0.2, 0.25) is 0 Å². The van der Waals surface area contributed by atoms with Crippen molar-refractivity contribution in [3.05, 3.63) is 52.7 Å². The van der Waals surface area contributed by atoms with Gasteiger partial charge in [0.05, 0.1) is 19.1 Å². The van der Waals surface area contributed by atoms with Gasteiger partial charge in [0.25, 0.3) is 0 Å². The quantitative estimate of drug-likeness (QED) is 0.797. The second-order valence-electron chi connectivity index (χ2n) is 5.36. The highest BCUT2D eigenvalue weighted by atomic mass is 19.4. The molecule has 1 aromatic heterocycles. The van der Waals surface area contributed by atoms with Crippen LogP contribution in [0.25, 0.3) is 0 Å². The molecule has 6 nitrogen and oxygen atoms in total. The van der Waals surface area contributed by atoms with Crippen molar-refractivity contribution in [1.29, 1.82) is 5.26 Å². The zero-order valence-corrected chi connectivity index (χ0v) is 13.9. The molecule has 0 saturated carbocycles. The van der Waals surface area contributed by atoms with Crippen molar-refractivity contribution in [2.45, 2.75) is 19.5 Å². The highest BCUT2D eigenvalue weighted by Gasteiger charge is 2.34. The van der Waals surface area contributed by atoms with Crippen LogP contribution >= 0.6 is 0 Å². The number of aromatic nitrogens is 1. The van der Waals surface area contributed by atoms with Gasteiger partial charge in [0.1, 0.15) is 17.5 Å². The zero-order chi connectivity index (χ0) is 19.3. The summed E-state index contributed by atoms with van der Waals surface area (Å²) in [5, 5.41) is 9.11. The molecular weight excluding hydrogens is 349 g/mol. The van der Waals surface area contributed by atoms with Gasteiger partial charge in [-0.1, -0.05) is 12.1 Å². The average Bonchev–Trinajstić information content (AvgIpc) is 2.59. The highest BCUT2D eigenvalue weighted by Crippen LogP contribution is 2.30. The molecule has 0 aliphatic carbocycles. The number of alkyl halides is 3. The van der Waals surface area contributed by atoms with Crippen LogP contribution in [0, 0.1) is 18.3 Å². The molecule has 2 rings (SSSR count). The van der Waals surface area contributed by atoms with Crippen LogP contribution in [0.15, 0.2) is 30.3 Å². The van der Waals surface area contributed by atoms with Crippen LogP contribution in [-0.2, 0) is 17.4 Å². The summed E-state index contributed by atoms with van der Waals surface area (Å²) in [6.07, 6.45) is -4.68. The van der Waals surface area contributed by atoms with E-state index in [1.54, 1.807) is 30.3 Å². The third kappa shape index (κ3) is 4.63. The van der Waals surface area contributed by atoms with Gasteiger partial charge in [-0.25, -0.2) is 4.98 Å². The summed E-state index contributed by atoms with van der Waals surface area (Å²) in [7, 11) is 1.52. The lowest BCUT2D eigenvalue weighted by Crippen LogP contribution is -2.32. The summed E-state index contributed by atoms with van der Waals surface area (Å²) in [6, 6.07) is 9.29. The standard InChI is InChI=1S/C17H15F3N4O2/c1-10-7-14(17(18,19)20)22-16(13(10)9-21)24-23-15(25)8-11-3-5-12(26-2)6-4-11/h3-7H,8H2,1-2H3,(H,22,24)(H,23,25). The number of carbonyl (C=O) groups excluding carboxylic acids is 1. The number of nitrogens with zero attached hydrogens (tertiary/aromatic N) is 2. The second-order valence-corrected chi connectivity index (χ2v) is 5.36. The lowest BCUT2D eigenvalue weighted by molar-refractivity contribution is -0.141. The van der Waals surface area contributed by atoms with E-state index in [2.05, 4.69) is 15.8 Å². The van der Waals surface area contributed by atoms with E-state index in [-0.39, 0.29) is 23.4 Å². The number of rotatable bonds is 5. The Morgan fingerprint density at radius 3 is 2.50 bits per heavy atom. The van der Waals surface area contributed by atoms with Gasteiger partial charge in [-0.05, 0) is 36.2 Å². The number of anilines is 1. The van der Waals surface area contributed by atoms with Crippen LogP contribution < -0.4 is 15.6 Å².